The van der Waals surface area contributed by atoms with Crippen molar-refractivity contribution in [3.05, 3.63) is 58.9 Å². The Balaban J connectivity index is 1.48. The Morgan fingerprint density at radius 3 is 2.55 bits per heavy atom. The number of carbonyl (C=O) groups excluding carboxylic acids is 1. The standard InChI is InChI=1S/C22H19F3N4O4/c1-32-15-3-4-16-17(11-15)26-12-27-20(16)13-6-8-29(9-7-13)21(30)14-2-5-19(18(10-14)28-31)33-22(23,24)25/h2-5,10-13H,6-9H2,1H3. The summed E-state index contributed by atoms with van der Waals surface area (Å²) in [6.07, 6.45) is -2.16. The van der Waals surface area contributed by atoms with Crippen LogP contribution in [-0.4, -0.2) is 47.3 Å². The van der Waals surface area contributed by atoms with E-state index in [-0.39, 0.29) is 11.5 Å². The summed E-state index contributed by atoms with van der Waals surface area (Å²) in [5.41, 5.74) is 1.15. The van der Waals surface area contributed by atoms with Crippen LogP contribution in [0.1, 0.15) is 34.8 Å². The molecule has 172 valence electrons. The highest BCUT2D eigenvalue weighted by Gasteiger charge is 2.33. The molecular formula is C22H19F3N4O4. The van der Waals surface area contributed by atoms with Crippen LogP contribution in [0.15, 0.2) is 47.9 Å². The van der Waals surface area contributed by atoms with Gasteiger partial charge in [0.25, 0.3) is 5.91 Å². The summed E-state index contributed by atoms with van der Waals surface area (Å²) in [6, 6.07) is 8.72. The van der Waals surface area contributed by atoms with E-state index >= 15 is 0 Å². The third kappa shape index (κ3) is 4.86. The third-order valence-corrected chi connectivity index (χ3v) is 5.57. The number of halogens is 3. The van der Waals surface area contributed by atoms with Crippen LogP contribution in [0.3, 0.4) is 0 Å². The lowest BCUT2D eigenvalue weighted by Crippen LogP contribution is -2.38. The molecule has 0 radical (unpaired) electrons. The molecular weight excluding hydrogens is 441 g/mol. The molecule has 0 N–H and O–H groups in total. The molecule has 3 aromatic rings. The van der Waals surface area contributed by atoms with E-state index in [1.54, 1.807) is 12.0 Å². The van der Waals surface area contributed by atoms with E-state index in [1.807, 2.05) is 18.2 Å². The Morgan fingerprint density at radius 2 is 1.88 bits per heavy atom. The van der Waals surface area contributed by atoms with E-state index in [1.165, 1.54) is 12.4 Å². The second-order valence-electron chi connectivity index (χ2n) is 7.53. The Labute approximate surface area is 186 Å². The summed E-state index contributed by atoms with van der Waals surface area (Å²) in [6.45, 7) is 0.853. The van der Waals surface area contributed by atoms with Gasteiger partial charge in [0, 0.05) is 36.0 Å². The van der Waals surface area contributed by atoms with E-state index in [9.17, 15) is 22.9 Å². The zero-order valence-corrected chi connectivity index (χ0v) is 17.5. The van der Waals surface area contributed by atoms with Crippen molar-refractivity contribution in [2.45, 2.75) is 25.1 Å². The first-order valence-corrected chi connectivity index (χ1v) is 10.1. The first kappa shape index (κ1) is 22.4. The average Bonchev–Trinajstić information content (AvgIpc) is 2.82. The molecule has 1 aliphatic heterocycles. The van der Waals surface area contributed by atoms with E-state index in [0.717, 1.165) is 28.7 Å². The van der Waals surface area contributed by atoms with E-state index in [2.05, 4.69) is 19.9 Å². The lowest BCUT2D eigenvalue weighted by molar-refractivity contribution is -0.274. The Bertz CT molecular complexity index is 1190. The van der Waals surface area contributed by atoms with Crippen LogP contribution >= 0.6 is 0 Å². The van der Waals surface area contributed by atoms with Gasteiger partial charge in [-0.3, -0.25) is 4.79 Å². The van der Waals surface area contributed by atoms with Gasteiger partial charge in [-0.2, -0.15) is 0 Å². The van der Waals surface area contributed by atoms with Crippen molar-refractivity contribution in [1.29, 1.82) is 0 Å². The van der Waals surface area contributed by atoms with Crippen LogP contribution in [0, 0.1) is 4.91 Å². The minimum absolute atomic E-state index is 0.0668. The summed E-state index contributed by atoms with van der Waals surface area (Å²) in [5.74, 6) is -0.333. The molecule has 33 heavy (non-hydrogen) atoms. The molecule has 1 aliphatic rings. The number of fused-ring (bicyclic) bond motifs is 1. The summed E-state index contributed by atoms with van der Waals surface area (Å²) in [4.78, 5) is 34.2. The second-order valence-corrected chi connectivity index (χ2v) is 7.53. The Morgan fingerprint density at radius 1 is 1.12 bits per heavy atom. The van der Waals surface area contributed by atoms with Crippen molar-refractivity contribution in [3.63, 3.8) is 0 Å². The number of piperidine rings is 1. The van der Waals surface area contributed by atoms with Crippen LogP contribution in [0.5, 0.6) is 11.5 Å². The van der Waals surface area contributed by atoms with Crippen LogP contribution < -0.4 is 9.47 Å². The van der Waals surface area contributed by atoms with Gasteiger partial charge >= 0.3 is 6.36 Å². The van der Waals surface area contributed by atoms with Crippen molar-refractivity contribution in [1.82, 2.24) is 14.9 Å². The fourth-order valence-corrected chi connectivity index (χ4v) is 3.98. The predicted octanol–water partition coefficient (Wildman–Crippen LogP) is 4.95. The molecule has 1 amide bonds. The SMILES string of the molecule is COc1ccc2c(C3CCN(C(=O)c4ccc(OC(F)(F)F)c(N=O)c4)CC3)ncnc2c1. The van der Waals surface area contributed by atoms with E-state index in [4.69, 9.17) is 4.74 Å². The summed E-state index contributed by atoms with van der Waals surface area (Å²) < 4.78 is 46.4. The fraction of sp³-hybridized carbons (Fsp3) is 0.318. The minimum Gasteiger partial charge on any atom is -0.497 e. The first-order chi connectivity index (χ1) is 15.8. The van der Waals surface area contributed by atoms with Crippen LogP contribution in [-0.2, 0) is 0 Å². The normalized spacial score (nSPS) is 14.8. The number of hydrogen-bond acceptors (Lipinski definition) is 7. The second kappa shape index (κ2) is 9.00. The number of amides is 1. The van der Waals surface area contributed by atoms with Crippen LogP contribution in [0.25, 0.3) is 10.9 Å². The topological polar surface area (TPSA) is 94.0 Å². The highest BCUT2D eigenvalue weighted by molar-refractivity contribution is 5.95. The molecule has 2 aromatic carbocycles. The highest BCUT2D eigenvalue weighted by atomic mass is 19.4. The number of nitrogens with zero attached hydrogens (tertiary/aromatic N) is 4. The smallest absolute Gasteiger partial charge is 0.497 e. The summed E-state index contributed by atoms with van der Waals surface area (Å²) in [7, 11) is 1.58. The summed E-state index contributed by atoms with van der Waals surface area (Å²) >= 11 is 0. The Kier molecular flexibility index (Phi) is 6.12. The monoisotopic (exact) mass is 460 g/mol. The van der Waals surface area contributed by atoms with Crippen molar-refractivity contribution in [2.75, 3.05) is 20.2 Å². The van der Waals surface area contributed by atoms with Gasteiger partial charge in [-0.05, 0) is 48.4 Å². The lowest BCUT2D eigenvalue weighted by atomic mass is 9.90. The fourth-order valence-electron chi connectivity index (χ4n) is 3.98. The first-order valence-electron chi connectivity index (χ1n) is 10.1. The van der Waals surface area contributed by atoms with Crippen LogP contribution in [0.4, 0.5) is 18.9 Å². The number of benzene rings is 2. The number of hydrogen-bond donors (Lipinski definition) is 0. The lowest BCUT2D eigenvalue weighted by Gasteiger charge is -2.32. The minimum atomic E-state index is -4.97. The van der Waals surface area contributed by atoms with Gasteiger partial charge in [0.15, 0.2) is 11.4 Å². The van der Waals surface area contributed by atoms with Gasteiger partial charge in [0.1, 0.15) is 12.1 Å². The molecule has 8 nitrogen and oxygen atoms in total. The maximum atomic E-state index is 12.9. The zero-order valence-electron chi connectivity index (χ0n) is 17.5. The molecule has 0 bridgehead atoms. The Hall–Kier alpha value is -3.76. The number of rotatable bonds is 5. The number of alkyl halides is 3. The van der Waals surface area contributed by atoms with Gasteiger partial charge in [0.2, 0.25) is 0 Å². The molecule has 0 unspecified atom stereocenters. The molecule has 1 fully saturated rings. The highest BCUT2D eigenvalue weighted by Crippen LogP contribution is 2.35. The molecule has 0 saturated carbocycles. The number of methoxy groups -OCH3 is 1. The van der Waals surface area contributed by atoms with Gasteiger partial charge in [-0.1, -0.05) is 0 Å². The number of carbonyl (C=O) groups is 1. The molecule has 0 spiro atoms. The average molecular weight is 460 g/mol. The van der Waals surface area contributed by atoms with Gasteiger partial charge in [0.05, 0.1) is 18.3 Å². The van der Waals surface area contributed by atoms with Gasteiger partial charge < -0.3 is 14.4 Å². The largest absolute Gasteiger partial charge is 0.573 e. The quantitative estimate of drug-likeness (QED) is 0.500. The number of ether oxygens (including phenoxy) is 2. The molecule has 1 saturated heterocycles. The van der Waals surface area contributed by atoms with Crippen molar-refractivity contribution in [2.24, 2.45) is 5.18 Å². The van der Waals surface area contributed by atoms with E-state index < -0.39 is 23.7 Å². The molecule has 4 rings (SSSR count). The van der Waals surface area contributed by atoms with Gasteiger partial charge in [-0.25, -0.2) is 9.97 Å². The zero-order chi connectivity index (χ0) is 23.6. The third-order valence-electron chi connectivity index (χ3n) is 5.57. The van der Waals surface area contributed by atoms with Gasteiger partial charge in [-0.15, -0.1) is 18.1 Å². The van der Waals surface area contributed by atoms with Crippen molar-refractivity contribution in [3.8, 4) is 11.5 Å². The molecule has 0 atom stereocenters. The molecule has 1 aromatic heterocycles. The molecule has 11 heteroatoms. The number of aromatic nitrogens is 2. The summed E-state index contributed by atoms with van der Waals surface area (Å²) in [5, 5.41) is 3.49. The predicted molar refractivity (Wildman–Crippen MR) is 113 cm³/mol. The number of nitroso groups, excluding NO2 is 1. The molecule has 0 aliphatic carbocycles. The maximum Gasteiger partial charge on any atom is 0.573 e. The van der Waals surface area contributed by atoms with Crippen molar-refractivity contribution >= 4 is 22.5 Å². The molecule has 2 heterocycles. The number of likely N-dealkylation sites (tertiary alicyclic amines) is 1. The van der Waals surface area contributed by atoms with Crippen molar-refractivity contribution < 1.29 is 27.4 Å². The van der Waals surface area contributed by atoms with E-state index in [0.29, 0.717) is 31.7 Å². The maximum absolute atomic E-state index is 12.9. The van der Waals surface area contributed by atoms with Crippen LogP contribution in [0.2, 0.25) is 0 Å².